The third-order valence-corrected chi connectivity index (χ3v) is 3.45. The summed E-state index contributed by atoms with van der Waals surface area (Å²) in [5, 5.41) is 12.1. The number of thioether (sulfide) groups is 1. The summed E-state index contributed by atoms with van der Waals surface area (Å²) in [6, 6.07) is 4.27. The van der Waals surface area contributed by atoms with Gasteiger partial charge in [0, 0.05) is 18.9 Å². The smallest absolute Gasteiger partial charge is 0.120 e. The average molecular weight is 243 g/mol. The number of hydrogen-bond donors (Lipinski definition) is 2. The molecule has 0 fully saturated rings. The Labute approximate surface area is 102 Å². The van der Waals surface area contributed by atoms with E-state index < -0.39 is 0 Å². The molecule has 0 aliphatic carbocycles. The van der Waals surface area contributed by atoms with Gasteiger partial charge in [0.25, 0.3) is 0 Å². The van der Waals surface area contributed by atoms with Gasteiger partial charge >= 0.3 is 0 Å². The lowest BCUT2D eigenvalue weighted by molar-refractivity contribution is 0.296. The van der Waals surface area contributed by atoms with E-state index in [9.17, 15) is 0 Å². The van der Waals surface area contributed by atoms with Gasteiger partial charge in [0.15, 0.2) is 0 Å². The van der Waals surface area contributed by atoms with E-state index in [0.717, 1.165) is 36.7 Å². The maximum Gasteiger partial charge on any atom is 0.120 e. The van der Waals surface area contributed by atoms with E-state index >= 15 is 0 Å². The molecule has 92 valence electrons. The molecule has 1 aromatic rings. The van der Waals surface area contributed by atoms with E-state index in [-0.39, 0.29) is 0 Å². The quantitative estimate of drug-likeness (QED) is 0.654. The van der Waals surface area contributed by atoms with Gasteiger partial charge in [-0.15, -0.1) is 0 Å². The molecule has 0 amide bonds. The maximum atomic E-state index is 8.63. The van der Waals surface area contributed by atoms with Crippen LogP contribution in [0.5, 0.6) is 0 Å². The first-order valence-corrected chi connectivity index (χ1v) is 6.99. The first-order chi connectivity index (χ1) is 7.88. The third kappa shape index (κ3) is 5.05. The number of hydrogen-bond acceptors (Lipinski definition) is 4. The van der Waals surface area contributed by atoms with Gasteiger partial charge in [-0.25, -0.2) is 0 Å². The Morgan fingerprint density at radius 3 is 3.00 bits per heavy atom. The molecule has 1 atom stereocenters. The fourth-order valence-corrected chi connectivity index (χ4v) is 2.31. The van der Waals surface area contributed by atoms with Crippen molar-refractivity contribution < 1.29 is 9.52 Å². The van der Waals surface area contributed by atoms with E-state index in [4.69, 9.17) is 9.52 Å². The van der Waals surface area contributed by atoms with E-state index in [2.05, 4.69) is 12.2 Å². The zero-order valence-corrected chi connectivity index (χ0v) is 10.6. The minimum atomic E-state index is 0.296. The van der Waals surface area contributed by atoms with Crippen molar-refractivity contribution in [3.8, 4) is 0 Å². The van der Waals surface area contributed by atoms with Crippen molar-refractivity contribution in [2.45, 2.75) is 25.8 Å². The Bertz CT molecular complexity index is 252. The summed E-state index contributed by atoms with van der Waals surface area (Å²) in [6.45, 7) is 3.43. The summed E-state index contributed by atoms with van der Waals surface area (Å²) in [6.07, 6.45) is 3.64. The highest BCUT2D eigenvalue weighted by Crippen LogP contribution is 2.16. The molecule has 1 unspecified atom stereocenters. The van der Waals surface area contributed by atoms with E-state index in [1.54, 1.807) is 6.26 Å². The Morgan fingerprint density at radius 2 is 2.38 bits per heavy atom. The Balaban J connectivity index is 2.11. The fourth-order valence-electron chi connectivity index (χ4n) is 1.51. The second-order valence-corrected chi connectivity index (χ2v) is 4.84. The number of nitrogens with one attached hydrogen (secondary N) is 1. The molecule has 0 aliphatic rings. The summed E-state index contributed by atoms with van der Waals surface area (Å²) in [7, 11) is 0. The largest absolute Gasteiger partial charge is 0.468 e. The topological polar surface area (TPSA) is 45.4 Å². The van der Waals surface area contributed by atoms with Crippen molar-refractivity contribution in [1.29, 1.82) is 0 Å². The average Bonchev–Trinajstić information content (AvgIpc) is 2.82. The SMILES string of the molecule is CCC(NCCSCCCO)c1ccco1. The molecule has 16 heavy (non-hydrogen) atoms. The van der Waals surface area contributed by atoms with Gasteiger partial charge in [0.05, 0.1) is 12.3 Å². The zero-order valence-electron chi connectivity index (χ0n) is 9.82. The Kier molecular flexibility index (Phi) is 7.38. The van der Waals surface area contributed by atoms with Crippen LogP contribution in [0.4, 0.5) is 0 Å². The van der Waals surface area contributed by atoms with E-state index in [1.165, 1.54) is 0 Å². The maximum absolute atomic E-state index is 8.63. The van der Waals surface area contributed by atoms with Crippen LogP contribution in [0, 0.1) is 0 Å². The van der Waals surface area contributed by atoms with Crippen LogP contribution >= 0.6 is 11.8 Å². The lowest BCUT2D eigenvalue weighted by Gasteiger charge is -2.14. The third-order valence-electron chi connectivity index (χ3n) is 2.38. The van der Waals surface area contributed by atoms with Gasteiger partial charge in [0.1, 0.15) is 5.76 Å². The Morgan fingerprint density at radius 1 is 1.50 bits per heavy atom. The molecule has 0 aromatic carbocycles. The number of aliphatic hydroxyl groups excluding tert-OH is 1. The molecule has 2 N–H and O–H groups in total. The summed E-state index contributed by atoms with van der Waals surface area (Å²) in [5.41, 5.74) is 0. The van der Waals surface area contributed by atoms with Crippen LogP contribution in [0.25, 0.3) is 0 Å². The summed E-state index contributed by atoms with van der Waals surface area (Å²) >= 11 is 1.87. The Hall–Kier alpha value is -0.450. The zero-order chi connectivity index (χ0) is 11.6. The second kappa shape index (κ2) is 8.67. The van der Waals surface area contributed by atoms with E-state index in [0.29, 0.717) is 12.6 Å². The summed E-state index contributed by atoms with van der Waals surface area (Å²) in [4.78, 5) is 0. The highest BCUT2D eigenvalue weighted by Gasteiger charge is 2.10. The van der Waals surface area contributed by atoms with Crippen molar-refractivity contribution >= 4 is 11.8 Å². The molecule has 0 radical (unpaired) electrons. The first kappa shape index (κ1) is 13.6. The predicted octanol–water partition coefficient (Wildman–Crippen LogP) is 2.44. The van der Waals surface area contributed by atoms with Crippen LogP contribution in [0.3, 0.4) is 0 Å². The van der Waals surface area contributed by atoms with Crippen LogP contribution in [0.1, 0.15) is 31.6 Å². The highest BCUT2D eigenvalue weighted by atomic mass is 32.2. The lowest BCUT2D eigenvalue weighted by atomic mass is 10.2. The summed E-state index contributed by atoms with van der Waals surface area (Å²) in [5.74, 6) is 3.13. The minimum absolute atomic E-state index is 0.296. The van der Waals surface area contributed by atoms with Crippen molar-refractivity contribution in [2.24, 2.45) is 0 Å². The normalized spacial score (nSPS) is 12.9. The van der Waals surface area contributed by atoms with E-state index in [1.807, 2.05) is 23.9 Å². The van der Waals surface area contributed by atoms with Crippen molar-refractivity contribution in [2.75, 3.05) is 24.7 Å². The fraction of sp³-hybridized carbons (Fsp3) is 0.667. The number of furan rings is 1. The molecule has 0 saturated heterocycles. The molecule has 0 saturated carbocycles. The molecule has 1 aromatic heterocycles. The summed E-state index contributed by atoms with van der Waals surface area (Å²) < 4.78 is 5.38. The van der Waals surface area contributed by atoms with Crippen molar-refractivity contribution in [3.05, 3.63) is 24.2 Å². The van der Waals surface area contributed by atoms with Crippen LogP contribution < -0.4 is 5.32 Å². The lowest BCUT2D eigenvalue weighted by Crippen LogP contribution is -2.23. The molecule has 0 bridgehead atoms. The van der Waals surface area contributed by atoms with Gasteiger partial charge in [-0.1, -0.05) is 6.92 Å². The van der Waals surface area contributed by atoms with Gasteiger partial charge in [0.2, 0.25) is 0 Å². The van der Waals surface area contributed by atoms with Crippen LogP contribution in [0.2, 0.25) is 0 Å². The molecule has 0 aliphatic heterocycles. The monoisotopic (exact) mass is 243 g/mol. The van der Waals surface area contributed by atoms with Gasteiger partial charge in [-0.05, 0) is 30.7 Å². The minimum Gasteiger partial charge on any atom is -0.468 e. The molecule has 3 nitrogen and oxygen atoms in total. The van der Waals surface area contributed by atoms with Crippen molar-refractivity contribution in [1.82, 2.24) is 5.32 Å². The highest BCUT2D eigenvalue weighted by molar-refractivity contribution is 7.99. The van der Waals surface area contributed by atoms with Crippen LogP contribution in [-0.2, 0) is 0 Å². The number of rotatable bonds is 9. The standard InChI is InChI=1S/C12H21NO2S/c1-2-11(12-5-3-8-15-12)13-6-10-16-9-4-7-14/h3,5,8,11,13-14H,2,4,6-7,9-10H2,1H3. The van der Waals surface area contributed by atoms with Crippen LogP contribution in [0.15, 0.2) is 22.8 Å². The first-order valence-electron chi connectivity index (χ1n) is 5.84. The molecule has 1 rings (SSSR count). The molecule has 1 heterocycles. The molecular formula is C12H21NO2S. The van der Waals surface area contributed by atoms with Gasteiger partial charge in [-0.2, -0.15) is 11.8 Å². The predicted molar refractivity (Wildman–Crippen MR) is 68.8 cm³/mol. The van der Waals surface area contributed by atoms with Gasteiger partial charge in [-0.3, -0.25) is 0 Å². The van der Waals surface area contributed by atoms with Gasteiger partial charge < -0.3 is 14.8 Å². The molecule has 4 heteroatoms. The second-order valence-electron chi connectivity index (χ2n) is 3.62. The number of aliphatic hydroxyl groups is 1. The van der Waals surface area contributed by atoms with Crippen LogP contribution in [-0.4, -0.2) is 29.8 Å². The van der Waals surface area contributed by atoms with Crippen molar-refractivity contribution in [3.63, 3.8) is 0 Å². The molecular weight excluding hydrogens is 222 g/mol. The molecule has 0 spiro atoms.